The molecule has 74 valence electrons. The molecule has 0 aliphatic carbocycles. The molecule has 1 rings (SSSR count). The molecule has 4 heteroatoms. The maximum atomic E-state index is 3.87. The zero-order valence-corrected chi connectivity index (χ0v) is 8.62. The van der Waals surface area contributed by atoms with Crippen molar-refractivity contribution in [1.29, 1.82) is 0 Å². The monoisotopic (exact) mass is 182 g/mol. The predicted octanol–water partition coefficient (Wildman–Crippen LogP) is 1.09. The van der Waals surface area contributed by atoms with Gasteiger partial charge in [-0.15, -0.1) is 5.10 Å². The molecule has 0 fully saturated rings. The number of nitrogens with one attached hydrogen (secondary N) is 1. The van der Waals surface area contributed by atoms with Crippen LogP contribution in [0.25, 0.3) is 0 Å². The minimum Gasteiger partial charge on any atom is -0.309 e. The van der Waals surface area contributed by atoms with Gasteiger partial charge in [0.15, 0.2) is 0 Å². The first-order valence-corrected chi connectivity index (χ1v) is 4.81. The zero-order valence-electron chi connectivity index (χ0n) is 8.62. The summed E-state index contributed by atoms with van der Waals surface area (Å²) in [6, 6.07) is 0.569. The SMILES string of the molecule is CCCC(C)NCc1cnnn1C. The Morgan fingerprint density at radius 2 is 2.38 bits per heavy atom. The number of hydrogen-bond donors (Lipinski definition) is 1. The van der Waals surface area contributed by atoms with Crippen LogP contribution < -0.4 is 5.32 Å². The second-order valence-electron chi connectivity index (χ2n) is 3.42. The Balaban J connectivity index is 2.30. The van der Waals surface area contributed by atoms with Gasteiger partial charge in [-0.25, -0.2) is 0 Å². The average molecular weight is 182 g/mol. The van der Waals surface area contributed by atoms with E-state index in [1.807, 2.05) is 7.05 Å². The van der Waals surface area contributed by atoms with Gasteiger partial charge >= 0.3 is 0 Å². The lowest BCUT2D eigenvalue weighted by molar-refractivity contribution is 0.494. The van der Waals surface area contributed by atoms with Crippen molar-refractivity contribution >= 4 is 0 Å². The van der Waals surface area contributed by atoms with Crippen molar-refractivity contribution in [1.82, 2.24) is 20.3 Å². The highest BCUT2D eigenvalue weighted by molar-refractivity contribution is 4.92. The van der Waals surface area contributed by atoms with Crippen LogP contribution in [-0.2, 0) is 13.6 Å². The lowest BCUT2D eigenvalue weighted by atomic mass is 10.2. The normalized spacial score (nSPS) is 13.2. The van der Waals surface area contributed by atoms with Crippen molar-refractivity contribution in [2.24, 2.45) is 7.05 Å². The second-order valence-corrected chi connectivity index (χ2v) is 3.42. The summed E-state index contributed by atoms with van der Waals surface area (Å²) in [6.07, 6.45) is 4.23. The van der Waals surface area contributed by atoms with Crippen LogP contribution >= 0.6 is 0 Å². The molecule has 1 aromatic rings. The Bertz CT molecular complexity index is 244. The Labute approximate surface area is 79.3 Å². The highest BCUT2D eigenvalue weighted by Crippen LogP contribution is 1.98. The maximum Gasteiger partial charge on any atom is 0.0738 e. The van der Waals surface area contributed by atoms with Crippen molar-refractivity contribution < 1.29 is 0 Å². The molecule has 4 nitrogen and oxygen atoms in total. The third-order valence-electron chi connectivity index (χ3n) is 2.16. The lowest BCUT2D eigenvalue weighted by Gasteiger charge is -2.11. The number of aryl methyl sites for hydroxylation is 1. The average Bonchev–Trinajstić information content (AvgIpc) is 2.48. The first kappa shape index (κ1) is 10.2. The van der Waals surface area contributed by atoms with Crippen molar-refractivity contribution in [2.45, 2.75) is 39.3 Å². The van der Waals surface area contributed by atoms with E-state index >= 15 is 0 Å². The van der Waals surface area contributed by atoms with Gasteiger partial charge in [-0.05, 0) is 13.3 Å². The summed E-state index contributed by atoms with van der Waals surface area (Å²) < 4.78 is 1.80. The Morgan fingerprint density at radius 3 is 2.92 bits per heavy atom. The van der Waals surface area contributed by atoms with Gasteiger partial charge < -0.3 is 5.32 Å². The number of rotatable bonds is 5. The third kappa shape index (κ3) is 3.14. The number of aromatic nitrogens is 3. The van der Waals surface area contributed by atoms with Gasteiger partial charge in [0.25, 0.3) is 0 Å². The molecule has 0 radical (unpaired) electrons. The minimum absolute atomic E-state index is 0.569. The van der Waals surface area contributed by atoms with E-state index in [1.54, 1.807) is 10.9 Å². The van der Waals surface area contributed by atoms with E-state index < -0.39 is 0 Å². The molecule has 0 amide bonds. The van der Waals surface area contributed by atoms with Crippen LogP contribution in [0.4, 0.5) is 0 Å². The fraction of sp³-hybridized carbons (Fsp3) is 0.778. The maximum absolute atomic E-state index is 3.87. The van der Waals surface area contributed by atoms with Crippen LogP contribution in [0.1, 0.15) is 32.4 Å². The lowest BCUT2D eigenvalue weighted by Crippen LogP contribution is -2.26. The summed E-state index contributed by atoms with van der Waals surface area (Å²) in [5.41, 5.74) is 1.13. The third-order valence-corrected chi connectivity index (χ3v) is 2.16. The van der Waals surface area contributed by atoms with Crippen molar-refractivity contribution in [2.75, 3.05) is 0 Å². The Kier molecular flexibility index (Phi) is 3.89. The van der Waals surface area contributed by atoms with Gasteiger partial charge in [-0.1, -0.05) is 18.6 Å². The number of nitrogens with zero attached hydrogens (tertiary/aromatic N) is 3. The predicted molar refractivity (Wildman–Crippen MR) is 52.2 cm³/mol. The van der Waals surface area contributed by atoms with E-state index in [1.165, 1.54) is 12.8 Å². The van der Waals surface area contributed by atoms with Crippen LogP contribution in [0.2, 0.25) is 0 Å². The Hall–Kier alpha value is -0.900. The summed E-state index contributed by atoms with van der Waals surface area (Å²) in [5, 5.41) is 11.1. The second kappa shape index (κ2) is 4.97. The van der Waals surface area contributed by atoms with E-state index in [0.717, 1.165) is 12.2 Å². The van der Waals surface area contributed by atoms with Crippen LogP contribution in [0.3, 0.4) is 0 Å². The van der Waals surface area contributed by atoms with Crippen molar-refractivity contribution in [3.05, 3.63) is 11.9 Å². The molecule has 1 atom stereocenters. The van der Waals surface area contributed by atoms with Crippen LogP contribution in [-0.4, -0.2) is 21.0 Å². The summed E-state index contributed by atoms with van der Waals surface area (Å²) >= 11 is 0. The van der Waals surface area contributed by atoms with Crippen LogP contribution in [0.15, 0.2) is 6.20 Å². The summed E-state index contributed by atoms with van der Waals surface area (Å²) in [6.45, 7) is 5.25. The quantitative estimate of drug-likeness (QED) is 0.741. The number of hydrogen-bond acceptors (Lipinski definition) is 3. The van der Waals surface area contributed by atoms with Gasteiger partial charge in [0, 0.05) is 19.6 Å². The summed E-state index contributed by atoms with van der Waals surface area (Å²) in [4.78, 5) is 0. The highest BCUT2D eigenvalue weighted by Gasteiger charge is 2.02. The van der Waals surface area contributed by atoms with Crippen LogP contribution in [0.5, 0.6) is 0 Å². The largest absolute Gasteiger partial charge is 0.309 e. The summed E-state index contributed by atoms with van der Waals surface area (Å²) in [5.74, 6) is 0. The topological polar surface area (TPSA) is 42.7 Å². The fourth-order valence-corrected chi connectivity index (χ4v) is 1.28. The summed E-state index contributed by atoms with van der Waals surface area (Å²) in [7, 11) is 1.91. The Morgan fingerprint density at radius 1 is 1.62 bits per heavy atom. The molecule has 0 spiro atoms. The van der Waals surface area contributed by atoms with Gasteiger partial charge in [-0.2, -0.15) is 0 Å². The van der Waals surface area contributed by atoms with E-state index in [9.17, 15) is 0 Å². The van der Waals surface area contributed by atoms with E-state index in [4.69, 9.17) is 0 Å². The van der Waals surface area contributed by atoms with Crippen molar-refractivity contribution in [3.63, 3.8) is 0 Å². The van der Waals surface area contributed by atoms with Gasteiger partial charge in [-0.3, -0.25) is 4.68 Å². The zero-order chi connectivity index (χ0) is 9.68. The minimum atomic E-state index is 0.569. The van der Waals surface area contributed by atoms with Gasteiger partial charge in [0.2, 0.25) is 0 Å². The molecule has 1 N–H and O–H groups in total. The van der Waals surface area contributed by atoms with Crippen molar-refractivity contribution in [3.8, 4) is 0 Å². The first-order valence-electron chi connectivity index (χ1n) is 4.81. The van der Waals surface area contributed by atoms with Crippen LogP contribution in [0, 0.1) is 0 Å². The molecule has 1 aromatic heterocycles. The molecule has 0 aliphatic rings. The first-order chi connectivity index (χ1) is 6.24. The van der Waals surface area contributed by atoms with Gasteiger partial charge in [0.05, 0.1) is 11.9 Å². The van der Waals surface area contributed by atoms with E-state index in [-0.39, 0.29) is 0 Å². The molecule has 0 aliphatic heterocycles. The molecular weight excluding hydrogens is 164 g/mol. The molecule has 0 aromatic carbocycles. The smallest absolute Gasteiger partial charge is 0.0738 e. The molecular formula is C9H18N4. The molecule has 0 bridgehead atoms. The molecule has 1 heterocycles. The van der Waals surface area contributed by atoms with E-state index in [2.05, 4.69) is 29.5 Å². The fourth-order valence-electron chi connectivity index (χ4n) is 1.28. The highest BCUT2D eigenvalue weighted by atomic mass is 15.4. The van der Waals surface area contributed by atoms with E-state index in [0.29, 0.717) is 6.04 Å². The standard InChI is InChI=1S/C9H18N4/c1-4-5-8(2)10-6-9-7-11-12-13(9)3/h7-8,10H,4-6H2,1-3H3. The molecule has 1 unspecified atom stereocenters. The van der Waals surface area contributed by atoms with Gasteiger partial charge in [0.1, 0.15) is 0 Å². The molecule has 13 heavy (non-hydrogen) atoms. The molecule has 0 saturated carbocycles. The molecule has 0 saturated heterocycles.